The van der Waals surface area contributed by atoms with E-state index in [2.05, 4.69) is 6.92 Å². The summed E-state index contributed by atoms with van der Waals surface area (Å²) in [5.74, 6) is -1.26. The molecule has 0 bridgehead atoms. The van der Waals surface area contributed by atoms with Crippen LogP contribution in [0.1, 0.15) is 60.9 Å². The second kappa shape index (κ2) is 6.97. The van der Waals surface area contributed by atoms with Crippen LogP contribution in [0, 0.1) is 0 Å². The molecule has 0 spiro atoms. The zero-order valence-corrected chi connectivity index (χ0v) is 11.7. The topological polar surface area (TPSA) is 70.8 Å². The van der Waals surface area contributed by atoms with Crippen LogP contribution in [0.15, 0.2) is 16.7 Å². The van der Waals surface area contributed by atoms with Crippen molar-refractivity contribution in [2.75, 3.05) is 6.54 Å². The number of carbonyl (C=O) groups is 2. The fourth-order valence-corrected chi connectivity index (χ4v) is 1.83. The van der Waals surface area contributed by atoms with Gasteiger partial charge >= 0.3 is 5.97 Å². The van der Waals surface area contributed by atoms with Crippen molar-refractivity contribution in [1.82, 2.24) is 4.90 Å². The lowest BCUT2D eigenvalue weighted by atomic mass is 10.2. The van der Waals surface area contributed by atoms with Gasteiger partial charge in [-0.05, 0) is 20.3 Å². The van der Waals surface area contributed by atoms with Crippen LogP contribution < -0.4 is 0 Å². The Balaban J connectivity index is 2.77. The third-order valence-corrected chi connectivity index (χ3v) is 2.94. The van der Waals surface area contributed by atoms with E-state index in [1.165, 1.54) is 6.07 Å². The number of unbranched alkanes of at least 4 members (excludes halogenated alkanes) is 2. The maximum Gasteiger partial charge on any atom is 0.338 e. The molecule has 5 heteroatoms. The number of furan rings is 1. The summed E-state index contributed by atoms with van der Waals surface area (Å²) in [6.07, 6.45) is 4.19. The van der Waals surface area contributed by atoms with Gasteiger partial charge < -0.3 is 14.4 Å². The summed E-state index contributed by atoms with van der Waals surface area (Å²) in [6, 6.07) is 1.34. The number of nitrogens with zero attached hydrogens (tertiary/aromatic N) is 1. The highest BCUT2D eigenvalue weighted by Gasteiger charge is 2.22. The smallest absolute Gasteiger partial charge is 0.338 e. The Morgan fingerprint density at radius 2 is 2.05 bits per heavy atom. The minimum absolute atomic E-state index is 0.000569. The molecule has 0 saturated heterocycles. The van der Waals surface area contributed by atoms with E-state index in [-0.39, 0.29) is 23.3 Å². The van der Waals surface area contributed by atoms with Crippen LogP contribution >= 0.6 is 0 Å². The summed E-state index contributed by atoms with van der Waals surface area (Å²) in [5, 5.41) is 8.82. The van der Waals surface area contributed by atoms with Crippen LogP contribution in [-0.2, 0) is 0 Å². The zero-order valence-electron chi connectivity index (χ0n) is 11.7. The van der Waals surface area contributed by atoms with E-state index < -0.39 is 5.97 Å². The standard InChI is InChI=1S/C14H21NO4/c1-4-5-6-7-15(10(2)3)13(16)12-8-11(9-19-12)14(17)18/h8-10H,4-7H2,1-3H3,(H,17,18). The molecule has 0 aliphatic heterocycles. The number of amides is 1. The fraction of sp³-hybridized carbons (Fsp3) is 0.571. The third kappa shape index (κ3) is 4.12. The molecule has 0 saturated carbocycles. The first-order chi connectivity index (χ1) is 8.97. The molecule has 1 aromatic rings. The Morgan fingerprint density at radius 3 is 2.53 bits per heavy atom. The first-order valence-electron chi connectivity index (χ1n) is 6.60. The van der Waals surface area contributed by atoms with Crippen molar-refractivity contribution in [3.05, 3.63) is 23.7 Å². The van der Waals surface area contributed by atoms with Gasteiger partial charge in [0.1, 0.15) is 6.26 Å². The van der Waals surface area contributed by atoms with Gasteiger partial charge in [-0.25, -0.2) is 4.79 Å². The average molecular weight is 267 g/mol. The molecule has 0 aromatic carbocycles. The van der Waals surface area contributed by atoms with E-state index in [9.17, 15) is 9.59 Å². The highest BCUT2D eigenvalue weighted by Crippen LogP contribution is 2.14. The second-order valence-electron chi connectivity index (χ2n) is 4.80. The van der Waals surface area contributed by atoms with Gasteiger partial charge in [-0.1, -0.05) is 19.8 Å². The summed E-state index contributed by atoms with van der Waals surface area (Å²) in [7, 11) is 0. The molecule has 1 rings (SSSR count). The maximum atomic E-state index is 12.3. The van der Waals surface area contributed by atoms with E-state index >= 15 is 0 Å². The van der Waals surface area contributed by atoms with Crippen LogP contribution in [0.25, 0.3) is 0 Å². The molecular weight excluding hydrogens is 246 g/mol. The third-order valence-electron chi connectivity index (χ3n) is 2.94. The molecule has 1 N–H and O–H groups in total. The molecule has 19 heavy (non-hydrogen) atoms. The summed E-state index contributed by atoms with van der Waals surface area (Å²) in [5.41, 5.74) is 0.000569. The van der Waals surface area contributed by atoms with Crippen LogP contribution in [0.5, 0.6) is 0 Å². The van der Waals surface area contributed by atoms with Gasteiger partial charge in [-0.3, -0.25) is 4.79 Å². The minimum Gasteiger partial charge on any atom is -0.478 e. The number of rotatable bonds is 7. The summed E-state index contributed by atoms with van der Waals surface area (Å²) in [4.78, 5) is 24.7. The molecule has 0 unspecified atom stereocenters. The van der Waals surface area contributed by atoms with Gasteiger partial charge in [0.2, 0.25) is 0 Å². The molecule has 106 valence electrons. The lowest BCUT2D eigenvalue weighted by Gasteiger charge is -2.25. The quantitative estimate of drug-likeness (QED) is 0.771. The van der Waals surface area contributed by atoms with E-state index in [4.69, 9.17) is 9.52 Å². The number of aromatic carboxylic acids is 1. The van der Waals surface area contributed by atoms with Crippen molar-refractivity contribution in [2.45, 2.75) is 46.1 Å². The number of carboxylic acids is 1. The number of hydrogen-bond donors (Lipinski definition) is 1. The van der Waals surface area contributed by atoms with Gasteiger partial charge in [-0.15, -0.1) is 0 Å². The predicted octanol–water partition coefficient (Wildman–Crippen LogP) is 3.02. The molecule has 0 atom stereocenters. The number of hydrogen-bond acceptors (Lipinski definition) is 3. The number of carboxylic acid groups (broad SMARTS) is 1. The SMILES string of the molecule is CCCCCN(C(=O)c1cc(C(=O)O)co1)C(C)C. The average Bonchev–Trinajstić information content (AvgIpc) is 2.83. The molecule has 5 nitrogen and oxygen atoms in total. The van der Waals surface area contributed by atoms with Gasteiger partial charge in [0, 0.05) is 18.7 Å². The van der Waals surface area contributed by atoms with Crippen LogP contribution in [-0.4, -0.2) is 34.5 Å². The Bertz CT molecular complexity index is 436. The summed E-state index contributed by atoms with van der Waals surface area (Å²) >= 11 is 0. The van der Waals surface area contributed by atoms with Gasteiger partial charge in [0.05, 0.1) is 5.56 Å². The van der Waals surface area contributed by atoms with Crippen LogP contribution in [0.4, 0.5) is 0 Å². The van der Waals surface area contributed by atoms with Crippen molar-refractivity contribution in [2.24, 2.45) is 0 Å². The van der Waals surface area contributed by atoms with E-state index in [1.807, 2.05) is 13.8 Å². The number of carbonyl (C=O) groups excluding carboxylic acids is 1. The second-order valence-corrected chi connectivity index (χ2v) is 4.80. The molecule has 1 amide bonds. The Hall–Kier alpha value is -1.78. The van der Waals surface area contributed by atoms with Gasteiger partial charge in [0.25, 0.3) is 5.91 Å². The minimum atomic E-state index is -1.09. The monoisotopic (exact) mass is 267 g/mol. The largest absolute Gasteiger partial charge is 0.478 e. The molecule has 0 fully saturated rings. The normalized spacial score (nSPS) is 10.7. The highest BCUT2D eigenvalue weighted by atomic mass is 16.4. The van der Waals surface area contributed by atoms with E-state index in [1.54, 1.807) is 4.90 Å². The molecular formula is C14H21NO4. The van der Waals surface area contributed by atoms with Crippen molar-refractivity contribution in [3.8, 4) is 0 Å². The van der Waals surface area contributed by atoms with Crippen molar-refractivity contribution in [3.63, 3.8) is 0 Å². The van der Waals surface area contributed by atoms with E-state index in [0.717, 1.165) is 25.5 Å². The Kier molecular flexibility index (Phi) is 5.60. The maximum absolute atomic E-state index is 12.3. The van der Waals surface area contributed by atoms with Crippen LogP contribution in [0.3, 0.4) is 0 Å². The molecule has 0 aliphatic carbocycles. The lowest BCUT2D eigenvalue weighted by molar-refractivity contribution is 0.0667. The van der Waals surface area contributed by atoms with Crippen molar-refractivity contribution < 1.29 is 19.1 Å². The lowest BCUT2D eigenvalue weighted by Crippen LogP contribution is -2.37. The fourth-order valence-electron chi connectivity index (χ4n) is 1.83. The van der Waals surface area contributed by atoms with Crippen molar-refractivity contribution in [1.29, 1.82) is 0 Å². The van der Waals surface area contributed by atoms with Crippen LogP contribution in [0.2, 0.25) is 0 Å². The highest BCUT2D eigenvalue weighted by molar-refractivity contribution is 5.95. The van der Waals surface area contributed by atoms with Gasteiger partial charge in [-0.2, -0.15) is 0 Å². The Labute approximate surface area is 113 Å². The molecule has 1 aromatic heterocycles. The molecule has 0 radical (unpaired) electrons. The summed E-state index contributed by atoms with van der Waals surface area (Å²) in [6.45, 7) is 6.64. The molecule has 1 heterocycles. The first kappa shape index (κ1) is 15.3. The first-order valence-corrected chi connectivity index (χ1v) is 6.60. The van der Waals surface area contributed by atoms with Gasteiger partial charge in [0.15, 0.2) is 5.76 Å². The molecule has 0 aliphatic rings. The van der Waals surface area contributed by atoms with E-state index in [0.29, 0.717) is 6.54 Å². The summed E-state index contributed by atoms with van der Waals surface area (Å²) < 4.78 is 5.05. The predicted molar refractivity (Wildman–Crippen MR) is 71.4 cm³/mol. The van der Waals surface area contributed by atoms with Crippen molar-refractivity contribution >= 4 is 11.9 Å². The zero-order chi connectivity index (χ0) is 14.4. The Morgan fingerprint density at radius 1 is 1.37 bits per heavy atom.